The van der Waals surface area contributed by atoms with Gasteiger partial charge < -0.3 is 10.0 Å². The number of benzene rings is 1. The van der Waals surface area contributed by atoms with Crippen molar-refractivity contribution in [2.24, 2.45) is 0 Å². The molecule has 0 aromatic heterocycles. The predicted molar refractivity (Wildman–Crippen MR) is 80.4 cm³/mol. The zero-order valence-electron chi connectivity index (χ0n) is 12.4. The maximum Gasteiger partial charge on any atom is 0.0802 e. The summed E-state index contributed by atoms with van der Waals surface area (Å²) in [6.45, 7) is 7.66. The van der Waals surface area contributed by atoms with E-state index in [1.807, 2.05) is 0 Å². The van der Waals surface area contributed by atoms with Crippen molar-refractivity contribution in [3.05, 3.63) is 34.9 Å². The fourth-order valence-corrected chi connectivity index (χ4v) is 2.80. The third-order valence-corrected chi connectivity index (χ3v) is 4.33. The Morgan fingerprint density at radius 2 is 1.74 bits per heavy atom. The summed E-state index contributed by atoms with van der Waals surface area (Å²) in [5, 5.41) is 10.3. The van der Waals surface area contributed by atoms with E-state index in [0.717, 1.165) is 18.5 Å². The number of hydrogen-bond acceptors (Lipinski definition) is 2. The van der Waals surface area contributed by atoms with E-state index in [1.54, 1.807) is 0 Å². The van der Waals surface area contributed by atoms with Crippen molar-refractivity contribution in [3.8, 4) is 0 Å². The van der Waals surface area contributed by atoms with Crippen LogP contribution in [0, 0.1) is 13.8 Å². The second-order valence-electron chi connectivity index (χ2n) is 5.90. The van der Waals surface area contributed by atoms with Gasteiger partial charge in [0.2, 0.25) is 0 Å². The first-order valence-electron chi connectivity index (χ1n) is 7.64. The van der Waals surface area contributed by atoms with Crippen molar-refractivity contribution in [1.82, 2.24) is 4.90 Å². The molecule has 1 aromatic carbocycles. The smallest absolute Gasteiger partial charge is 0.0802 e. The van der Waals surface area contributed by atoms with Gasteiger partial charge in [0.05, 0.1) is 6.10 Å². The molecule has 1 heterocycles. The maximum atomic E-state index is 10.3. The summed E-state index contributed by atoms with van der Waals surface area (Å²) in [6, 6.07) is 6.30. The lowest BCUT2D eigenvalue weighted by Crippen LogP contribution is -2.26. The average molecular weight is 261 g/mol. The molecule has 1 unspecified atom stereocenters. The van der Waals surface area contributed by atoms with Crippen molar-refractivity contribution in [2.45, 2.75) is 52.1 Å². The highest BCUT2D eigenvalue weighted by Gasteiger charge is 2.13. The molecule has 1 aliphatic heterocycles. The van der Waals surface area contributed by atoms with Gasteiger partial charge in [-0.05, 0) is 62.9 Å². The first-order valence-corrected chi connectivity index (χ1v) is 7.64. The minimum absolute atomic E-state index is 0.317. The maximum absolute atomic E-state index is 10.3. The fourth-order valence-electron chi connectivity index (χ4n) is 2.80. The average Bonchev–Trinajstić information content (AvgIpc) is 2.67. The van der Waals surface area contributed by atoms with E-state index in [2.05, 4.69) is 36.9 Å². The zero-order chi connectivity index (χ0) is 13.7. The van der Waals surface area contributed by atoms with Gasteiger partial charge in [-0.2, -0.15) is 0 Å². The molecule has 0 bridgehead atoms. The molecule has 106 valence electrons. The van der Waals surface area contributed by atoms with Gasteiger partial charge >= 0.3 is 0 Å². The van der Waals surface area contributed by atoms with Gasteiger partial charge in [0.15, 0.2) is 0 Å². The molecule has 0 saturated carbocycles. The summed E-state index contributed by atoms with van der Waals surface area (Å²) >= 11 is 0. The SMILES string of the molecule is Cc1ccc(C(O)CCN2CCCCCC2)cc1C. The first-order chi connectivity index (χ1) is 9.16. The monoisotopic (exact) mass is 261 g/mol. The van der Waals surface area contributed by atoms with E-state index in [9.17, 15) is 5.11 Å². The number of hydrogen-bond donors (Lipinski definition) is 1. The van der Waals surface area contributed by atoms with Crippen molar-refractivity contribution < 1.29 is 5.11 Å². The van der Waals surface area contributed by atoms with Crippen molar-refractivity contribution in [2.75, 3.05) is 19.6 Å². The summed E-state index contributed by atoms with van der Waals surface area (Å²) in [5.41, 5.74) is 3.63. The summed E-state index contributed by atoms with van der Waals surface area (Å²) in [4.78, 5) is 2.51. The van der Waals surface area contributed by atoms with E-state index >= 15 is 0 Å². The van der Waals surface area contributed by atoms with Crippen LogP contribution in [0.2, 0.25) is 0 Å². The number of nitrogens with zero attached hydrogens (tertiary/aromatic N) is 1. The third kappa shape index (κ3) is 4.32. The van der Waals surface area contributed by atoms with Crippen LogP contribution >= 0.6 is 0 Å². The Balaban J connectivity index is 1.85. The molecule has 0 spiro atoms. The zero-order valence-corrected chi connectivity index (χ0v) is 12.4. The lowest BCUT2D eigenvalue weighted by atomic mass is 10.0. The van der Waals surface area contributed by atoms with Gasteiger partial charge in [0.1, 0.15) is 0 Å². The lowest BCUT2D eigenvalue weighted by Gasteiger charge is -2.21. The molecule has 19 heavy (non-hydrogen) atoms. The Morgan fingerprint density at radius 1 is 1.05 bits per heavy atom. The standard InChI is InChI=1S/C17H27NO/c1-14-7-8-16(13-15(14)2)17(19)9-12-18-10-5-3-4-6-11-18/h7-8,13,17,19H,3-6,9-12H2,1-2H3. The molecule has 1 saturated heterocycles. The van der Waals surface area contributed by atoms with Crippen LogP contribution in [0.4, 0.5) is 0 Å². The number of rotatable bonds is 4. The fraction of sp³-hybridized carbons (Fsp3) is 0.647. The Kier molecular flexibility index (Phi) is 5.41. The highest BCUT2D eigenvalue weighted by molar-refractivity contribution is 5.31. The second kappa shape index (κ2) is 7.06. The van der Waals surface area contributed by atoms with E-state index in [0.29, 0.717) is 0 Å². The molecule has 2 heteroatoms. The molecule has 0 amide bonds. The molecule has 0 radical (unpaired) electrons. The summed E-state index contributed by atoms with van der Waals surface area (Å²) < 4.78 is 0. The van der Waals surface area contributed by atoms with Crippen LogP contribution in [0.25, 0.3) is 0 Å². The van der Waals surface area contributed by atoms with Crippen LogP contribution in [-0.2, 0) is 0 Å². The van der Waals surface area contributed by atoms with Crippen molar-refractivity contribution >= 4 is 0 Å². The molecule has 2 nitrogen and oxygen atoms in total. The molecule has 1 atom stereocenters. The molecule has 1 N–H and O–H groups in total. The molecular weight excluding hydrogens is 234 g/mol. The summed E-state index contributed by atoms with van der Waals surface area (Å²) in [5.74, 6) is 0. The minimum Gasteiger partial charge on any atom is -0.388 e. The van der Waals surface area contributed by atoms with Crippen molar-refractivity contribution in [1.29, 1.82) is 0 Å². The highest BCUT2D eigenvalue weighted by Crippen LogP contribution is 2.21. The normalized spacial score (nSPS) is 19.1. The second-order valence-corrected chi connectivity index (χ2v) is 5.90. The van der Waals surface area contributed by atoms with Gasteiger partial charge in [-0.15, -0.1) is 0 Å². The van der Waals surface area contributed by atoms with Crippen LogP contribution in [0.15, 0.2) is 18.2 Å². The minimum atomic E-state index is -0.317. The molecular formula is C17H27NO. The van der Waals surface area contributed by atoms with Crippen LogP contribution in [0.5, 0.6) is 0 Å². The topological polar surface area (TPSA) is 23.5 Å². The van der Waals surface area contributed by atoms with E-state index in [4.69, 9.17) is 0 Å². The van der Waals surface area contributed by atoms with Gasteiger partial charge in [0, 0.05) is 6.54 Å². The predicted octanol–water partition coefficient (Wildman–Crippen LogP) is 3.60. The van der Waals surface area contributed by atoms with Gasteiger partial charge in [0.25, 0.3) is 0 Å². The number of likely N-dealkylation sites (tertiary alicyclic amines) is 1. The van der Waals surface area contributed by atoms with E-state index in [-0.39, 0.29) is 6.10 Å². The number of aliphatic hydroxyl groups excluding tert-OH is 1. The van der Waals surface area contributed by atoms with Crippen LogP contribution in [0.1, 0.15) is 54.9 Å². The van der Waals surface area contributed by atoms with Crippen LogP contribution in [-0.4, -0.2) is 29.6 Å². The highest BCUT2D eigenvalue weighted by atomic mass is 16.3. The van der Waals surface area contributed by atoms with Crippen molar-refractivity contribution in [3.63, 3.8) is 0 Å². The van der Waals surface area contributed by atoms with Gasteiger partial charge in [-0.3, -0.25) is 0 Å². The van der Waals surface area contributed by atoms with E-state index < -0.39 is 0 Å². The van der Waals surface area contributed by atoms with E-state index in [1.165, 1.54) is 49.9 Å². The number of aliphatic hydroxyl groups is 1. The first kappa shape index (κ1) is 14.5. The third-order valence-electron chi connectivity index (χ3n) is 4.33. The molecule has 1 aromatic rings. The Morgan fingerprint density at radius 3 is 2.37 bits per heavy atom. The molecule has 2 rings (SSSR count). The Hall–Kier alpha value is -0.860. The van der Waals surface area contributed by atoms with Gasteiger partial charge in [-0.25, -0.2) is 0 Å². The summed E-state index contributed by atoms with van der Waals surface area (Å²) in [6.07, 6.45) is 5.91. The Bertz CT molecular complexity index is 394. The largest absolute Gasteiger partial charge is 0.388 e. The molecule has 0 aliphatic carbocycles. The van der Waals surface area contributed by atoms with Crippen LogP contribution in [0.3, 0.4) is 0 Å². The Labute approximate surface area is 117 Å². The van der Waals surface area contributed by atoms with Gasteiger partial charge in [-0.1, -0.05) is 31.0 Å². The summed E-state index contributed by atoms with van der Waals surface area (Å²) in [7, 11) is 0. The van der Waals surface area contributed by atoms with Crippen LogP contribution < -0.4 is 0 Å². The molecule has 1 aliphatic rings. The molecule has 1 fully saturated rings. The number of aryl methyl sites for hydroxylation is 2. The quantitative estimate of drug-likeness (QED) is 0.895. The lowest BCUT2D eigenvalue weighted by molar-refractivity contribution is 0.143.